The topological polar surface area (TPSA) is 65.2 Å². The zero-order valence-corrected chi connectivity index (χ0v) is 11.3. The minimum atomic E-state index is -0.258. The van der Waals surface area contributed by atoms with Crippen molar-refractivity contribution in [2.75, 3.05) is 12.8 Å². The summed E-state index contributed by atoms with van der Waals surface area (Å²) in [5.41, 5.74) is 6.88. The molecule has 0 aliphatic carbocycles. The number of nitrogens with two attached hydrogens (primary N) is 1. The summed E-state index contributed by atoms with van der Waals surface area (Å²) in [6.45, 7) is 0. The molecule has 0 bridgehead atoms. The smallest absolute Gasteiger partial charge is 0.217 e. The molecule has 0 amide bonds. The third kappa shape index (κ3) is 2.36. The number of carbonyl (C=O) groups excluding carboxylic acids is 1. The van der Waals surface area contributed by atoms with Crippen LogP contribution < -0.4 is 10.5 Å². The van der Waals surface area contributed by atoms with Gasteiger partial charge in [0.05, 0.1) is 7.11 Å². The van der Waals surface area contributed by atoms with Crippen LogP contribution in [0, 0.1) is 0 Å². The van der Waals surface area contributed by atoms with Gasteiger partial charge in [-0.05, 0) is 30.3 Å². The predicted molar refractivity (Wildman–Crippen MR) is 72.8 cm³/mol. The number of ketones is 1. The SMILES string of the molecule is COc1cccnc1C(=O)c1cc(Br)ccc1N. The number of nitrogen functional groups attached to an aromatic ring is 1. The number of nitrogens with zero attached hydrogens (tertiary/aromatic N) is 1. The Morgan fingerprint density at radius 2 is 2.17 bits per heavy atom. The summed E-state index contributed by atoms with van der Waals surface area (Å²) in [7, 11) is 1.50. The molecule has 2 aromatic rings. The third-order valence-electron chi connectivity index (χ3n) is 2.47. The maximum Gasteiger partial charge on any atom is 0.217 e. The molecule has 18 heavy (non-hydrogen) atoms. The first-order valence-corrected chi connectivity index (χ1v) is 6.01. The van der Waals surface area contributed by atoms with Crippen molar-refractivity contribution in [3.8, 4) is 5.75 Å². The first-order valence-electron chi connectivity index (χ1n) is 5.22. The van der Waals surface area contributed by atoms with Gasteiger partial charge in [-0.2, -0.15) is 0 Å². The van der Waals surface area contributed by atoms with Crippen LogP contribution in [0.2, 0.25) is 0 Å². The molecule has 2 rings (SSSR count). The number of ether oxygens (including phenoxy) is 1. The Balaban J connectivity index is 2.51. The van der Waals surface area contributed by atoms with E-state index in [9.17, 15) is 4.79 Å². The summed E-state index contributed by atoms with van der Waals surface area (Å²) in [5, 5.41) is 0. The monoisotopic (exact) mass is 306 g/mol. The van der Waals surface area contributed by atoms with E-state index in [1.54, 1.807) is 36.5 Å². The highest BCUT2D eigenvalue weighted by molar-refractivity contribution is 9.10. The Bertz CT molecular complexity index is 599. The number of anilines is 1. The van der Waals surface area contributed by atoms with Crippen LogP contribution in [0.15, 0.2) is 41.0 Å². The summed E-state index contributed by atoms with van der Waals surface area (Å²) < 4.78 is 5.91. The number of rotatable bonds is 3. The predicted octanol–water partition coefficient (Wildman–Crippen LogP) is 2.67. The number of hydrogen-bond donors (Lipinski definition) is 1. The van der Waals surface area contributed by atoms with Crippen LogP contribution in [0.1, 0.15) is 16.1 Å². The molecule has 2 N–H and O–H groups in total. The molecule has 0 fully saturated rings. The quantitative estimate of drug-likeness (QED) is 0.699. The molecule has 1 heterocycles. The third-order valence-corrected chi connectivity index (χ3v) is 2.96. The number of pyridine rings is 1. The lowest BCUT2D eigenvalue weighted by Crippen LogP contribution is -2.09. The highest BCUT2D eigenvalue weighted by atomic mass is 79.9. The van der Waals surface area contributed by atoms with Gasteiger partial charge in [0.2, 0.25) is 5.78 Å². The van der Waals surface area contributed by atoms with Gasteiger partial charge in [-0.1, -0.05) is 15.9 Å². The fourth-order valence-electron chi connectivity index (χ4n) is 1.58. The second-order valence-electron chi connectivity index (χ2n) is 3.61. The summed E-state index contributed by atoms with van der Waals surface area (Å²) in [6.07, 6.45) is 1.55. The Hall–Kier alpha value is -1.88. The van der Waals surface area contributed by atoms with E-state index in [1.807, 2.05) is 0 Å². The Morgan fingerprint density at radius 1 is 1.39 bits per heavy atom. The number of aromatic nitrogens is 1. The van der Waals surface area contributed by atoms with Gasteiger partial charge in [0, 0.05) is 21.9 Å². The van der Waals surface area contributed by atoms with Gasteiger partial charge in [0.25, 0.3) is 0 Å². The molecule has 1 aromatic heterocycles. The molecule has 92 valence electrons. The van der Waals surface area contributed by atoms with Gasteiger partial charge >= 0.3 is 0 Å². The van der Waals surface area contributed by atoms with E-state index < -0.39 is 0 Å². The van der Waals surface area contributed by atoms with Crippen LogP contribution in [0.3, 0.4) is 0 Å². The van der Waals surface area contributed by atoms with Crippen molar-refractivity contribution in [2.24, 2.45) is 0 Å². The van der Waals surface area contributed by atoms with Crippen LogP contribution in [-0.4, -0.2) is 17.9 Å². The molecule has 0 saturated heterocycles. The average Bonchev–Trinajstić information content (AvgIpc) is 2.40. The van der Waals surface area contributed by atoms with E-state index in [2.05, 4.69) is 20.9 Å². The molecule has 0 unspecified atom stereocenters. The highest BCUT2D eigenvalue weighted by Crippen LogP contribution is 2.24. The van der Waals surface area contributed by atoms with E-state index in [1.165, 1.54) is 7.11 Å². The minimum Gasteiger partial charge on any atom is -0.494 e. The first-order chi connectivity index (χ1) is 8.63. The van der Waals surface area contributed by atoms with Crippen LogP contribution >= 0.6 is 15.9 Å². The van der Waals surface area contributed by atoms with Crippen molar-refractivity contribution in [1.82, 2.24) is 4.98 Å². The lowest BCUT2D eigenvalue weighted by atomic mass is 10.1. The molecule has 4 nitrogen and oxygen atoms in total. The second kappa shape index (κ2) is 5.18. The van der Waals surface area contributed by atoms with Crippen LogP contribution in [0.5, 0.6) is 5.75 Å². The highest BCUT2D eigenvalue weighted by Gasteiger charge is 2.18. The van der Waals surface area contributed by atoms with Crippen LogP contribution in [0.25, 0.3) is 0 Å². The molecule has 0 atom stereocenters. The van der Waals surface area contributed by atoms with E-state index in [0.29, 0.717) is 17.0 Å². The molecule has 0 aliphatic rings. The first kappa shape index (κ1) is 12.6. The largest absolute Gasteiger partial charge is 0.494 e. The van der Waals surface area contributed by atoms with Gasteiger partial charge in [0.15, 0.2) is 5.69 Å². The van der Waals surface area contributed by atoms with Crippen molar-refractivity contribution in [2.45, 2.75) is 0 Å². The Kier molecular flexibility index (Phi) is 3.62. The standard InChI is InChI=1S/C13H11BrN2O2/c1-18-11-3-2-6-16-12(11)13(17)9-7-8(14)4-5-10(9)15/h2-7H,15H2,1H3. The number of carbonyl (C=O) groups is 1. The molecule has 0 aliphatic heterocycles. The van der Waals surface area contributed by atoms with Crippen molar-refractivity contribution >= 4 is 27.4 Å². The zero-order valence-electron chi connectivity index (χ0n) is 9.68. The van der Waals surface area contributed by atoms with Gasteiger partial charge in [-0.3, -0.25) is 4.79 Å². The Morgan fingerprint density at radius 3 is 2.89 bits per heavy atom. The van der Waals surface area contributed by atoms with Crippen LogP contribution in [0.4, 0.5) is 5.69 Å². The summed E-state index contributed by atoms with van der Waals surface area (Å²) >= 11 is 3.31. The number of benzene rings is 1. The van der Waals surface area contributed by atoms with E-state index in [4.69, 9.17) is 10.5 Å². The Labute approximate surface area is 113 Å². The van der Waals surface area contributed by atoms with Gasteiger partial charge in [-0.15, -0.1) is 0 Å². The minimum absolute atomic E-state index is 0.254. The fraction of sp³-hybridized carbons (Fsp3) is 0.0769. The average molecular weight is 307 g/mol. The lowest BCUT2D eigenvalue weighted by Gasteiger charge is -2.08. The van der Waals surface area contributed by atoms with E-state index in [-0.39, 0.29) is 11.5 Å². The molecule has 0 spiro atoms. The number of hydrogen-bond acceptors (Lipinski definition) is 4. The summed E-state index contributed by atoms with van der Waals surface area (Å²) in [5.74, 6) is 0.174. The maximum atomic E-state index is 12.4. The van der Waals surface area contributed by atoms with Crippen molar-refractivity contribution in [3.05, 3.63) is 52.3 Å². The van der Waals surface area contributed by atoms with Gasteiger partial charge in [-0.25, -0.2) is 4.98 Å². The second-order valence-corrected chi connectivity index (χ2v) is 4.53. The molecular formula is C13H11BrN2O2. The van der Waals surface area contributed by atoms with Crippen LogP contribution in [-0.2, 0) is 0 Å². The number of halogens is 1. The van der Waals surface area contributed by atoms with E-state index in [0.717, 1.165) is 4.47 Å². The van der Waals surface area contributed by atoms with Crippen molar-refractivity contribution < 1.29 is 9.53 Å². The number of methoxy groups -OCH3 is 1. The summed E-state index contributed by atoms with van der Waals surface area (Å²) in [4.78, 5) is 16.4. The molecule has 0 saturated carbocycles. The zero-order chi connectivity index (χ0) is 13.1. The van der Waals surface area contributed by atoms with Gasteiger partial charge < -0.3 is 10.5 Å². The molecular weight excluding hydrogens is 296 g/mol. The van der Waals surface area contributed by atoms with Crippen molar-refractivity contribution in [1.29, 1.82) is 0 Å². The van der Waals surface area contributed by atoms with Gasteiger partial charge in [0.1, 0.15) is 5.75 Å². The summed E-state index contributed by atoms with van der Waals surface area (Å²) in [6, 6.07) is 8.52. The molecule has 1 aromatic carbocycles. The lowest BCUT2D eigenvalue weighted by molar-refractivity contribution is 0.103. The fourth-order valence-corrected chi connectivity index (χ4v) is 1.94. The normalized spacial score (nSPS) is 10.1. The molecule has 5 heteroatoms. The van der Waals surface area contributed by atoms with E-state index >= 15 is 0 Å². The maximum absolute atomic E-state index is 12.4. The van der Waals surface area contributed by atoms with Crippen molar-refractivity contribution in [3.63, 3.8) is 0 Å². The molecule has 0 radical (unpaired) electrons.